The number of benzene rings is 1. The smallest absolute Gasteiger partial charge is 0.326 e. The molecule has 0 aliphatic rings. The minimum Gasteiger partial charge on any atom is -0.480 e. The molecule has 0 saturated heterocycles. The Morgan fingerprint density at radius 3 is 2.42 bits per heavy atom. The number of hydrogen-bond donors (Lipinski definition) is 2. The Morgan fingerprint density at radius 2 is 2.00 bits per heavy atom. The lowest BCUT2D eigenvalue weighted by molar-refractivity contribution is -0.139. The van der Waals surface area contributed by atoms with Crippen molar-refractivity contribution in [3.8, 4) is 6.07 Å². The van der Waals surface area contributed by atoms with Gasteiger partial charge in [0.1, 0.15) is 6.04 Å². The molecule has 0 unspecified atom stereocenters. The fourth-order valence-corrected chi connectivity index (χ4v) is 1.49. The van der Waals surface area contributed by atoms with Crippen molar-refractivity contribution in [2.24, 2.45) is 0 Å². The van der Waals surface area contributed by atoms with Crippen LogP contribution in [-0.4, -0.2) is 23.0 Å². The molecule has 0 radical (unpaired) electrons. The third-order valence-electron chi connectivity index (χ3n) is 2.43. The van der Waals surface area contributed by atoms with Crippen LogP contribution in [0.25, 0.3) is 0 Å². The largest absolute Gasteiger partial charge is 0.480 e. The SMILES string of the molecule is C=C(C)C[C@H](NC(=O)c1ccc(C#N)cc1)C(=O)O. The number of aliphatic carboxylic acids is 1. The van der Waals surface area contributed by atoms with E-state index in [4.69, 9.17) is 10.4 Å². The van der Waals surface area contributed by atoms with Gasteiger partial charge >= 0.3 is 5.97 Å². The highest BCUT2D eigenvalue weighted by atomic mass is 16.4. The number of hydrogen-bond acceptors (Lipinski definition) is 3. The van der Waals surface area contributed by atoms with E-state index in [1.165, 1.54) is 24.3 Å². The van der Waals surface area contributed by atoms with Crippen molar-refractivity contribution in [1.29, 1.82) is 5.26 Å². The van der Waals surface area contributed by atoms with Gasteiger partial charge in [0.05, 0.1) is 11.6 Å². The molecule has 2 N–H and O–H groups in total. The third-order valence-corrected chi connectivity index (χ3v) is 2.43. The van der Waals surface area contributed by atoms with Gasteiger partial charge in [0, 0.05) is 5.56 Å². The molecule has 5 nitrogen and oxygen atoms in total. The maximum atomic E-state index is 11.9. The summed E-state index contributed by atoms with van der Waals surface area (Å²) in [7, 11) is 0. The summed E-state index contributed by atoms with van der Waals surface area (Å²) in [5.74, 6) is -1.59. The lowest BCUT2D eigenvalue weighted by atomic mass is 10.1. The predicted octanol–water partition coefficient (Wildman–Crippen LogP) is 1.71. The summed E-state index contributed by atoms with van der Waals surface area (Å²) in [6.45, 7) is 5.33. The molecule has 1 aromatic carbocycles. The topological polar surface area (TPSA) is 90.2 Å². The highest BCUT2D eigenvalue weighted by Crippen LogP contribution is 2.06. The second-order valence-corrected chi connectivity index (χ2v) is 4.21. The second-order valence-electron chi connectivity index (χ2n) is 4.21. The summed E-state index contributed by atoms with van der Waals surface area (Å²) in [6.07, 6.45) is 0.178. The Morgan fingerprint density at radius 1 is 1.42 bits per heavy atom. The number of nitrogens with zero attached hydrogens (tertiary/aromatic N) is 1. The van der Waals surface area contributed by atoms with Crippen LogP contribution in [0.5, 0.6) is 0 Å². The maximum absolute atomic E-state index is 11.9. The van der Waals surface area contributed by atoms with Crippen molar-refractivity contribution in [3.63, 3.8) is 0 Å². The first-order chi connectivity index (χ1) is 8.93. The number of rotatable bonds is 5. The molecule has 98 valence electrons. The zero-order valence-corrected chi connectivity index (χ0v) is 10.5. The quantitative estimate of drug-likeness (QED) is 0.786. The van der Waals surface area contributed by atoms with Crippen LogP contribution < -0.4 is 5.32 Å². The molecule has 1 rings (SSSR count). The first-order valence-corrected chi connectivity index (χ1v) is 5.62. The summed E-state index contributed by atoms with van der Waals surface area (Å²) < 4.78 is 0. The highest BCUT2D eigenvalue weighted by molar-refractivity contribution is 5.96. The van der Waals surface area contributed by atoms with Crippen LogP contribution in [0.15, 0.2) is 36.4 Å². The lowest BCUT2D eigenvalue weighted by Gasteiger charge is -2.14. The minimum absolute atomic E-state index is 0.178. The van der Waals surface area contributed by atoms with E-state index < -0.39 is 17.9 Å². The predicted molar refractivity (Wildman–Crippen MR) is 69.5 cm³/mol. The molecule has 1 amide bonds. The molecule has 0 aliphatic carbocycles. The Hall–Kier alpha value is -2.61. The monoisotopic (exact) mass is 258 g/mol. The van der Waals surface area contributed by atoms with Gasteiger partial charge in [-0.05, 0) is 37.6 Å². The Balaban J connectivity index is 2.78. The normalized spacial score (nSPS) is 11.2. The summed E-state index contributed by atoms with van der Waals surface area (Å²) in [5.41, 5.74) is 1.42. The minimum atomic E-state index is -1.11. The van der Waals surface area contributed by atoms with Crippen LogP contribution in [0.3, 0.4) is 0 Å². The molecule has 0 fully saturated rings. The Labute approximate surface area is 111 Å². The number of nitrogens with one attached hydrogen (secondary N) is 1. The molecule has 0 bridgehead atoms. The number of amides is 1. The molecule has 0 saturated carbocycles. The lowest BCUT2D eigenvalue weighted by Crippen LogP contribution is -2.40. The van der Waals surface area contributed by atoms with E-state index in [2.05, 4.69) is 11.9 Å². The molecular formula is C14H14N2O3. The van der Waals surface area contributed by atoms with Gasteiger partial charge in [-0.25, -0.2) is 4.79 Å². The number of carbonyl (C=O) groups is 2. The zero-order chi connectivity index (χ0) is 14.4. The summed E-state index contributed by atoms with van der Waals surface area (Å²) in [5, 5.41) is 20.1. The van der Waals surface area contributed by atoms with Crippen LogP contribution in [0.4, 0.5) is 0 Å². The highest BCUT2D eigenvalue weighted by Gasteiger charge is 2.20. The molecule has 0 heterocycles. The molecule has 0 aliphatic heterocycles. The van der Waals surface area contributed by atoms with Crippen molar-refractivity contribution in [3.05, 3.63) is 47.5 Å². The standard InChI is InChI=1S/C14H14N2O3/c1-9(2)7-12(14(18)19)16-13(17)11-5-3-10(8-15)4-6-11/h3-6,12H,1,7H2,2H3,(H,16,17)(H,18,19)/t12-/m0/s1. The molecular weight excluding hydrogens is 244 g/mol. The fourth-order valence-electron chi connectivity index (χ4n) is 1.49. The second kappa shape index (κ2) is 6.36. The zero-order valence-electron chi connectivity index (χ0n) is 10.5. The van der Waals surface area contributed by atoms with Gasteiger partial charge in [-0.15, -0.1) is 6.58 Å². The number of carboxylic acid groups (broad SMARTS) is 1. The van der Waals surface area contributed by atoms with E-state index in [1.54, 1.807) is 6.92 Å². The van der Waals surface area contributed by atoms with Gasteiger partial charge in [0.25, 0.3) is 5.91 Å². The van der Waals surface area contributed by atoms with Crippen molar-refractivity contribution < 1.29 is 14.7 Å². The molecule has 5 heteroatoms. The Bertz CT molecular complexity index is 541. The molecule has 0 aromatic heterocycles. The van der Waals surface area contributed by atoms with Crippen LogP contribution in [0.2, 0.25) is 0 Å². The number of carboxylic acids is 1. The van der Waals surface area contributed by atoms with Gasteiger partial charge in [-0.2, -0.15) is 5.26 Å². The summed E-state index contributed by atoms with van der Waals surface area (Å²) in [4.78, 5) is 22.9. The molecule has 19 heavy (non-hydrogen) atoms. The average Bonchev–Trinajstić information content (AvgIpc) is 2.37. The van der Waals surface area contributed by atoms with Crippen LogP contribution in [-0.2, 0) is 4.79 Å². The third kappa shape index (κ3) is 4.28. The van der Waals surface area contributed by atoms with E-state index in [1.807, 2.05) is 6.07 Å². The molecule has 1 atom stereocenters. The van der Waals surface area contributed by atoms with Crippen LogP contribution in [0, 0.1) is 11.3 Å². The van der Waals surface area contributed by atoms with E-state index >= 15 is 0 Å². The van der Waals surface area contributed by atoms with Crippen LogP contribution >= 0.6 is 0 Å². The number of carbonyl (C=O) groups excluding carboxylic acids is 1. The Kier molecular flexibility index (Phi) is 4.84. The van der Waals surface area contributed by atoms with Crippen molar-refractivity contribution in [1.82, 2.24) is 5.32 Å². The first kappa shape index (κ1) is 14.5. The molecule has 1 aromatic rings. The van der Waals surface area contributed by atoms with E-state index in [-0.39, 0.29) is 6.42 Å². The van der Waals surface area contributed by atoms with Crippen molar-refractivity contribution in [2.45, 2.75) is 19.4 Å². The maximum Gasteiger partial charge on any atom is 0.326 e. The summed E-state index contributed by atoms with van der Waals surface area (Å²) in [6, 6.07) is 6.91. The van der Waals surface area contributed by atoms with Gasteiger partial charge < -0.3 is 10.4 Å². The fraction of sp³-hybridized carbons (Fsp3) is 0.214. The summed E-state index contributed by atoms with van der Waals surface area (Å²) >= 11 is 0. The molecule has 0 spiro atoms. The number of nitriles is 1. The van der Waals surface area contributed by atoms with Gasteiger partial charge in [0.2, 0.25) is 0 Å². The van der Waals surface area contributed by atoms with Crippen LogP contribution in [0.1, 0.15) is 29.3 Å². The first-order valence-electron chi connectivity index (χ1n) is 5.62. The van der Waals surface area contributed by atoms with E-state index in [0.717, 1.165) is 0 Å². The van der Waals surface area contributed by atoms with Gasteiger partial charge in [-0.3, -0.25) is 4.79 Å². The average molecular weight is 258 g/mol. The van der Waals surface area contributed by atoms with E-state index in [9.17, 15) is 9.59 Å². The van der Waals surface area contributed by atoms with Gasteiger partial charge in [-0.1, -0.05) is 5.57 Å². The van der Waals surface area contributed by atoms with Crippen molar-refractivity contribution in [2.75, 3.05) is 0 Å². The van der Waals surface area contributed by atoms with Crippen molar-refractivity contribution >= 4 is 11.9 Å². The van der Waals surface area contributed by atoms with E-state index in [0.29, 0.717) is 16.7 Å². The van der Waals surface area contributed by atoms with Gasteiger partial charge in [0.15, 0.2) is 0 Å².